The van der Waals surface area contributed by atoms with Crippen LogP contribution >= 0.6 is 0 Å². The van der Waals surface area contributed by atoms with E-state index in [-0.39, 0.29) is 23.9 Å². The summed E-state index contributed by atoms with van der Waals surface area (Å²) in [6.07, 6.45) is 3.42. The van der Waals surface area contributed by atoms with Gasteiger partial charge in [0.1, 0.15) is 6.26 Å². The van der Waals surface area contributed by atoms with Crippen molar-refractivity contribution in [2.24, 2.45) is 7.05 Å². The fourth-order valence-corrected chi connectivity index (χ4v) is 2.09. The summed E-state index contributed by atoms with van der Waals surface area (Å²) in [5.74, 6) is 0.716. The predicted molar refractivity (Wildman–Crippen MR) is 88.4 cm³/mol. The van der Waals surface area contributed by atoms with Gasteiger partial charge in [-0.3, -0.25) is 4.68 Å². The van der Waals surface area contributed by atoms with Crippen LogP contribution in [0.3, 0.4) is 0 Å². The lowest BCUT2D eigenvalue weighted by Gasteiger charge is -2.13. The lowest BCUT2D eigenvalue weighted by molar-refractivity contribution is 0.250. The van der Waals surface area contributed by atoms with Gasteiger partial charge in [-0.25, -0.2) is 9.78 Å². The molecule has 2 heterocycles. The molecule has 0 saturated heterocycles. The Morgan fingerprint density at radius 2 is 2.09 bits per heavy atom. The molecule has 2 amide bonds. The molecule has 0 atom stereocenters. The summed E-state index contributed by atoms with van der Waals surface area (Å²) < 4.78 is 7.08. The lowest BCUT2D eigenvalue weighted by Crippen LogP contribution is -2.28. The Kier molecular flexibility index (Phi) is 4.77. The molecule has 0 bridgehead atoms. The van der Waals surface area contributed by atoms with Crippen molar-refractivity contribution in [2.45, 2.75) is 52.5 Å². The summed E-state index contributed by atoms with van der Waals surface area (Å²) in [7, 11) is 1.83. The highest BCUT2D eigenvalue weighted by Gasteiger charge is 2.19. The number of aromatic nitrogens is 3. The van der Waals surface area contributed by atoms with Crippen LogP contribution < -0.4 is 10.6 Å². The number of rotatable bonds is 4. The minimum absolute atomic E-state index is 0.0775. The second-order valence-corrected chi connectivity index (χ2v) is 6.94. The van der Waals surface area contributed by atoms with Crippen LogP contribution in [0.2, 0.25) is 0 Å². The Morgan fingerprint density at radius 1 is 1.39 bits per heavy atom. The first-order valence-electron chi connectivity index (χ1n) is 7.70. The first kappa shape index (κ1) is 17.1. The van der Waals surface area contributed by atoms with Gasteiger partial charge >= 0.3 is 6.03 Å². The zero-order chi connectivity index (χ0) is 17.2. The number of nitrogens with zero attached hydrogens (tertiary/aromatic N) is 3. The van der Waals surface area contributed by atoms with Gasteiger partial charge in [0.2, 0.25) is 5.89 Å². The van der Waals surface area contributed by atoms with E-state index in [1.54, 1.807) is 17.1 Å². The zero-order valence-corrected chi connectivity index (χ0v) is 14.6. The van der Waals surface area contributed by atoms with E-state index in [2.05, 4.69) is 41.5 Å². The van der Waals surface area contributed by atoms with E-state index in [0.717, 1.165) is 11.4 Å². The molecule has 0 aliphatic heterocycles. The third kappa shape index (κ3) is 4.34. The average molecular weight is 319 g/mol. The Labute approximate surface area is 136 Å². The second kappa shape index (κ2) is 6.44. The number of oxazole rings is 1. The SMILES string of the molecule is CC(C)c1nn(C)cc1NC(=O)NCc1nc(C(C)(C)C)co1. The number of nitrogens with one attached hydrogen (secondary N) is 2. The predicted octanol–water partition coefficient (Wildman–Crippen LogP) is 3.15. The highest BCUT2D eigenvalue weighted by atomic mass is 16.3. The van der Waals surface area contributed by atoms with Crippen molar-refractivity contribution in [3.8, 4) is 0 Å². The van der Waals surface area contributed by atoms with Crippen molar-refractivity contribution in [1.29, 1.82) is 0 Å². The Morgan fingerprint density at radius 3 is 2.65 bits per heavy atom. The molecule has 2 aromatic heterocycles. The molecule has 126 valence electrons. The van der Waals surface area contributed by atoms with E-state index in [1.807, 2.05) is 20.9 Å². The standard InChI is InChI=1S/C16H25N5O2/c1-10(2)14-11(8-21(6)20-14)18-15(22)17-7-13-19-12(9-23-13)16(3,4)5/h8-10H,7H2,1-6H3,(H2,17,18,22). The molecule has 0 unspecified atom stereocenters. The molecule has 7 heteroatoms. The van der Waals surface area contributed by atoms with E-state index >= 15 is 0 Å². The summed E-state index contributed by atoms with van der Waals surface area (Å²) in [5, 5.41) is 9.92. The highest BCUT2D eigenvalue weighted by molar-refractivity contribution is 5.89. The number of carbonyl (C=O) groups excluding carboxylic acids is 1. The van der Waals surface area contributed by atoms with Gasteiger partial charge in [0.05, 0.1) is 23.6 Å². The van der Waals surface area contributed by atoms with Crippen LogP contribution in [0.15, 0.2) is 16.9 Å². The van der Waals surface area contributed by atoms with Gasteiger partial charge in [0, 0.05) is 18.7 Å². The monoisotopic (exact) mass is 319 g/mol. The molecule has 2 aromatic rings. The molecule has 0 fully saturated rings. The van der Waals surface area contributed by atoms with Crippen LogP contribution in [-0.2, 0) is 19.0 Å². The summed E-state index contributed by atoms with van der Waals surface area (Å²) >= 11 is 0. The first-order chi connectivity index (χ1) is 10.7. The third-order valence-corrected chi connectivity index (χ3v) is 3.37. The molecule has 0 aromatic carbocycles. The van der Waals surface area contributed by atoms with E-state index in [9.17, 15) is 4.79 Å². The third-order valence-electron chi connectivity index (χ3n) is 3.37. The molecule has 2 N–H and O–H groups in total. The smallest absolute Gasteiger partial charge is 0.319 e. The fourth-order valence-electron chi connectivity index (χ4n) is 2.09. The Hall–Kier alpha value is -2.31. The van der Waals surface area contributed by atoms with Crippen LogP contribution in [0.4, 0.5) is 10.5 Å². The van der Waals surface area contributed by atoms with Crippen LogP contribution in [0.25, 0.3) is 0 Å². The van der Waals surface area contributed by atoms with Crippen molar-refractivity contribution < 1.29 is 9.21 Å². The molecule has 23 heavy (non-hydrogen) atoms. The normalized spacial score (nSPS) is 11.8. The van der Waals surface area contributed by atoms with E-state index in [0.29, 0.717) is 11.6 Å². The van der Waals surface area contributed by atoms with Crippen molar-refractivity contribution in [1.82, 2.24) is 20.1 Å². The van der Waals surface area contributed by atoms with Gasteiger partial charge in [0.25, 0.3) is 0 Å². The average Bonchev–Trinajstić information content (AvgIpc) is 3.02. The number of carbonyl (C=O) groups is 1. The maximum absolute atomic E-state index is 12.0. The molecule has 0 aliphatic carbocycles. The van der Waals surface area contributed by atoms with Gasteiger partial charge in [0.15, 0.2) is 0 Å². The van der Waals surface area contributed by atoms with Crippen molar-refractivity contribution in [3.63, 3.8) is 0 Å². The minimum Gasteiger partial charge on any atom is -0.447 e. The van der Waals surface area contributed by atoms with Gasteiger partial charge in [-0.2, -0.15) is 5.10 Å². The topological polar surface area (TPSA) is 85.0 Å². The van der Waals surface area contributed by atoms with Crippen molar-refractivity contribution in [2.75, 3.05) is 5.32 Å². The number of hydrogen-bond donors (Lipinski definition) is 2. The number of hydrogen-bond acceptors (Lipinski definition) is 4. The molecular weight excluding hydrogens is 294 g/mol. The Balaban J connectivity index is 1.94. The molecule has 0 aliphatic rings. The molecular formula is C16H25N5O2. The maximum Gasteiger partial charge on any atom is 0.319 e. The number of urea groups is 1. The van der Waals surface area contributed by atoms with E-state index in [4.69, 9.17) is 4.42 Å². The quantitative estimate of drug-likeness (QED) is 0.906. The number of aryl methyl sites for hydroxylation is 1. The summed E-state index contributed by atoms with van der Waals surface area (Å²) in [5.41, 5.74) is 2.35. The summed E-state index contributed by atoms with van der Waals surface area (Å²) in [6, 6.07) is -0.310. The number of anilines is 1. The summed E-state index contributed by atoms with van der Waals surface area (Å²) in [4.78, 5) is 16.4. The summed E-state index contributed by atoms with van der Waals surface area (Å²) in [6.45, 7) is 10.5. The van der Waals surface area contributed by atoms with Crippen LogP contribution in [-0.4, -0.2) is 20.8 Å². The highest BCUT2D eigenvalue weighted by Crippen LogP contribution is 2.22. The largest absolute Gasteiger partial charge is 0.447 e. The van der Waals surface area contributed by atoms with Crippen molar-refractivity contribution in [3.05, 3.63) is 29.7 Å². The van der Waals surface area contributed by atoms with Gasteiger partial charge in [-0.1, -0.05) is 34.6 Å². The van der Waals surface area contributed by atoms with E-state index < -0.39 is 0 Å². The van der Waals surface area contributed by atoms with Crippen molar-refractivity contribution >= 4 is 11.7 Å². The molecule has 2 rings (SSSR count). The molecule has 7 nitrogen and oxygen atoms in total. The van der Waals surface area contributed by atoms with Gasteiger partial charge in [-0.15, -0.1) is 0 Å². The van der Waals surface area contributed by atoms with Crippen LogP contribution in [0.1, 0.15) is 57.8 Å². The molecule has 0 spiro atoms. The maximum atomic E-state index is 12.0. The molecule has 0 saturated carbocycles. The van der Waals surface area contributed by atoms with Crippen LogP contribution in [0.5, 0.6) is 0 Å². The first-order valence-corrected chi connectivity index (χ1v) is 7.70. The zero-order valence-electron chi connectivity index (χ0n) is 14.6. The molecule has 0 radical (unpaired) electrons. The number of amides is 2. The van der Waals surface area contributed by atoms with E-state index in [1.165, 1.54) is 0 Å². The van der Waals surface area contributed by atoms with Crippen LogP contribution in [0, 0.1) is 0 Å². The van der Waals surface area contributed by atoms with Gasteiger partial charge in [-0.05, 0) is 5.92 Å². The lowest BCUT2D eigenvalue weighted by atomic mass is 9.93. The minimum atomic E-state index is -0.310. The second-order valence-electron chi connectivity index (χ2n) is 6.94. The van der Waals surface area contributed by atoms with Gasteiger partial charge < -0.3 is 15.1 Å². The Bertz CT molecular complexity index is 679. The fraction of sp³-hybridized carbons (Fsp3) is 0.562.